The molecule has 0 aromatic heterocycles. The van der Waals surface area contributed by atoms with E-state index in [0.29, 0.717) is 24.4 Å². The van der Waals surface area contributed by atoms with Gasteiger partial charge < -0.3 is 5.73 Å². The summed E-state index contributed by atoms with van der Waals surface area (Å²) >= 11 is 0. The minimum Gasteiger partial charge on any atom is -0.330 e. The van der Waals surface area contributed by atoms with Crippen molar-refractivity contribution < 1.29 is 9.72 Å². The van der Waals surface area contributed by atoms with Crippen LogP contribution in [0.15, 0.2) is 29.4 Å². The number of carbonyl (C=O) groups excluding carboxylic acids is 1. The molecule has 2 rings (SSSR count). The first-order valence-electron chi connectivity index (χ1n) is 5.45. The van der Waals surface area contributed by atoms with Gasteiger partial charge in [0, 0.05) is 24.3 Å². The Morgan fingerprint density at radius 3 is 2.94 bits per heavy atom. The van der Waals surface area contributed by atoms with Gasteiger partial charge in [0.1, 0.15) is 0 Å². The predicted octanol–water partition coefficient (Wildman–Crippen LogP) is 1.04. The number of anilines is 1. The van der Waals surface area contributed by atoms with E-state index in [-0.39, 0.29) is 18.0 Å². The minimum absolute atomic E-state index is 0.0669. The van der Waals surface area contributed by atoms with Crippen molar-refractivity contribution in [2.45, 2.75) is 12.8 Å². The summed E-state index contributed by atoms with van der Waals surface area (Å²) in [5.41, 5.74) is 6.44. The molecule has 0 saturated heterocycles. The van der Waals surface area contributed by atoms with Gasteiger partial charge in [-0.1, -0.05) is 6.07 Å². The molecule has 0 radical (unpaired) electrons. The molecule has 0 bridgehead atoms. The van der Waals surface area contributed by atoms with E-state index in [9.17, 15) is 14.9 Å². The molecule has 0 fully saturated rings. The van der Waals surface area contributed by atoms with Gasteiger partial charge in [0.15, 0.2) is 0 Å². The number of nitrogens with two attached hydrogens (primary N) is 1. The highest BCUT2D eigenvalue weighted by Gasteiger charge is 2.25. The Labute approximate surface area is 103 Å². The lowest BCUT2D eigenvalue weighted by molar-refractivity contribution is -0.384. The first-order valence-corrected chi connectivity index (χ1v) is 5.45. The molecule has 0 aliphatic carbocycles. The highest BCUT2D eigenvalue weighted by atomic mass is 16.6. The van der Waals surface area contributed by atoms with Crippen LogP contribution in [0.1, 0.15) is 12.8 Å². The molecular formula is C11H12N4O3. The standard InChI is InChI=1S/C11H12N4O3/c12-5-4-8-6-11(16)14(13-8)9-2-1-3-10(7-9)15(17)18/h1-3,7H,4-6,12H2. The molecular weight excluding hydrogens is 236 g/mol. The number of nitrogens with zero attached hydrogens (tertiary/aromatic N) is 3. The Morgan fingerprint density at radius 1 is 1.50 bits per heavy atom. The topological polar surface area (TPSA) is 102 Å². The van der Waals surface area contributed by atoms with Crippen LogP contribution in [0, 0.1) is 10.1 Å². The summed E-state index contributed by atoms with van der Waals surface area (Å²) in [4.78, 5) is 21.9. The van der Waals surface area contributed by atoms with Gasteiger partial charge in [0.2, 0.25) is 0 Å². The van der Waals surface area contributed by atoms with E-state index >= 15 is 0 Å². The van der Waals surface area contributed by atoms with E-state index in [1.807, 2.05) is 0 Å². The maximum Gasteiger partial charge on any atom is 0.271 e. The van der Waals surface area contributed by atoms with Gasteiger partial charge in [0.25, 0.3) is 11.6 Å². The van der Waals surface area contributed by atoms with E-state index in [0.717, 1.165) is 0 Å². The van der Waals surface area contributed by atoms with Crippen molar-refractivity contribution in [3.8, 4) is 0 Å². The molecule has 1 aromatic rings. The lowest BCUT2D eigenvalue weighted by atomic mass is 10.2. The van der Waals surface area contributed by atoms with Crippen LogP contribution in [0.3, 0.4) is 0 Å². The van der Waals surface area contributed by atoms with Crippen molar-refractivity contribution in [3.05, 3.63) is 34.4 Å². The molecule has 7 heteroatoms. The van der Waals surface area contributed by atoms with Crippen LogP contribution in [0.5, 0.6) is 0 Å². The maximum absolute atomic E-state index is 11.7. The minimum atomic E-state index is -0.505. The second-order valence-corrected chi connectivity index (χ2v) is 3.86. The molecule has 1 aromatic carbocycles. The van der Waals surface area contributed by atoms with Gasteiger partial charge >= 0.3 is 0 Å². The Balaban J connectivity index is 2.28. The van der Waals surface area contributed by atoms with E-state index in [4.69, 9.17) is 5.73 Å². The third-order valence-electron chi connectivity index (χ3n) is 2.55. The first-order chi connectivity index (χ1) is 8.61. The largest absolute Gasteiger partial charge is 0.330 e. The summed E-state index contributed by atoms with van der Waals surface area (Å²) in [7, 11) is 0. The molecule has 2 N–H and O–H groups in total. The average Bonchev–Trinajstić information content (AvgIpc) is 2.71. The van der Waals surface area contributed by atoms with Crippen LogP contribution in [0.4, 0.5) is 11.4 Å². The SMILES string of the molecule is NCCC1=NN(c2cccc([N+](=O)[O-])c2)C(=O)C1. The molecule has 18 heavy (non-hydrogen) atoms. The Hall–Kier alpha value is -2.28. The molecule has 0 saturated carbocycles. The third kappa shape index (κ3) is 2.35. The molecule has 1 aliphatic heterocycles. The fourth-order valence-corrected chi connectivity index (χ4v) is 1.73. The van der Waals surface area contributed by atoms with Gasteiger partial charge in [-0.25, -0.2) is 5.01 Å². The van der Waals surface area contributed by atoms with Crippen LogP contribution in [0.25, 0.3) is 0 Å². The van der Waals surface area contributed by atoms with Crippen molar-refractivity contribution >= 4 is 23.0 Å². The monoisotopic (exact) mass is 248 g/mol. The first kappa shape index (κ1) is 12.2. The summed E-state index contributed by atoms with van der Waals surface area (Å²) in [5.74, 6) is -0.195. The van der Waals surface area contributed by atoms with Gasteiger partial charge in [-0.15, -0.1) is 0 Å². The molecule has 1 aliphatic rings. The summed E-state index contributed by atoms with van der Waals surface area (Å²) in [6, 6.07) is 5.83. The van der Waals surface area contributed by atoms with Crippen LogP contribution in [-0.4, -0.2) is 23.1 Å². The number of nitro groups is 1. The molecule has 7 nitrogen and oxygen atoms in total. The van der Waals surface area contributed by atoms with Crippen molar-refractivity contribution in [2.75, 3.05) is 11.6 Å². The Bertz CT molecular complexity index is 527. The zero-order valence-corrected chi connectivity index (χ0v) is 9.57. The van der Waals surface area contributed by atoms with Crippen molar-refractivity contribution in [1.82, 2.24) is 0 Å². The number of hydrogen-bond acceptors (Lipinski definition) is 5. The number of amides is 1. The zero-order chi connectivity index (χ0) is 13.1. The van der Waals surface area contributed by atoms with Gasteiger partial charge in [0.05, 0.1) is 17.0 Å². The maximum atomic E-state index is 11.7. The lowest BCUT2D eigenvalue weighted by Crippen LogP contribution is -2.19. The molecule has 0 atom stereocenters. The van der Waals surface area contributed by atoms with E-state index in [2.05, 4.69) is 5.10 Å². The fourth-order valence-electron chi connectivity index (χ4n) is 1.73. The van der Waals surface area contributed by atoms with Crippen molar-refractivity contribution in [1.29, 1.82) is 0 Å². The van der Waals surface area contributed by atoms with Gasteiger partial charge in [-0.2, -0.15) is 5.10 Å². The highest BCUT2D eigenvalue weighted by Crippen LogP contribution is 2.25. The number of carbonyl (C=O) groups is 1. The van der Waals surface area contributed by atoms with E-state index in [1.54, 1.807) is 6.07 Å². The molecule has 0 unspecified atom stereocenters. The van der Waals surface area contributed by atoms with E-state index < -0.39 is 4.92 Å². The zero-order valence-electron chi connectivity index (χ0n) is 9.57. The summed E-state index contributed by atoms with van der Waals surface area (Å²) < 4.78 is 0. The number of nitro benzene ring substituents is 1. The van der Waals surface area contributed by atoms with Crippen molar-refractivity contribution in [2.24, 2.45) is 10.8 Å². The van der Waals surface area contributed by atoms with Crippen molar-refractivity contribution in [3.63, 3.8) is 0 Å². The number of hydrazone groups is 1. The number of benzene rings is 1. The van der Waals surface area contributed by atoms with Crippen LogP contribution < -0.4 is 10.7 Å². The van der Waals surface area contributed by atoms with Gasteiger partial charge in [-0.05, 0) is 12.6 Å². The number of non-ortho nitro benzene ring substituents is 1. The fraction of sp³-hybridized carbons (Fsp3) is 0.273. The smallest absolute Gasteiger partial charge is 0.271 e. The third-order valence-corrected chi connectivity index (χ3v) is 2.55. The van der Waals surface area contributed by atoms with Crippen LogP contribution >= 0.6 is 0 Å². The van der Waals surface area contributed by atoms with E-state index in [1.165, 1.54) is 23.2 Å². The molecule has 0 spiro atoms. The second kappa shape index (κ2) is 4.92. The normalized spacial score (nSPS) is 14.8. The average molecular weight is 248 g/mol. The molecule has 1 amide bonds. The summed E-state index contributed by atoms with van der Waals surface area (Å²) in [6.07, 6.45) is 0.775. The number of rotatable bonds is 4. The predicted molar refractivity (Wildman–Crippen MR) is 66.3 cm³/mol. The summed E-state index contributed by atoms with van der Waals surface area (Å²) in [6.45, 7) is 0.425. The lowest BCUT2D eigenvalue weighted by Gasteiger charge is -2.10. The Kier molecular flexibility index (Phi) is 3.33. The second-order valence-electron chi connectivity index (χ2n) is 3.86. The van der Waals surface area contributed by atoms with Crippen LogP contribution in [0.2, 0.25) is 0 Å². The molecule has 1 heterocycles. The number of hydrogen-bond donors (Lipinski definition) is 1. The van der Waals surface area contributed by atoms with Gasteiger partial charge in [-0.3, -0.25) is 14.9 Å². The quantitative estimate of drug-likeness (QED) is 0.635. The highest BCUT2D eigenvalue weighted by molar-refractivity contribution is 6.13. The Morgan fingerprint density at radius 2 is 2.28 bits per heavy atom. The summed E-state index contributed by atoms with van der Waals surface area (Å²) in [5, 5.41) is 16.0. The van der Waals surface area contributed by atoms with Crippen LogP contribution in [-0.2, 0) is 4.79 Å². The molecule has 94 valence electrons.